The zero-order chi connectivity index (χ0) is 11.3. The van der Waals surface area contributed by atoms with Gasteiger partial charge in [-0.15, -0.1) is 0 Å². The zero-order valence-electron chi connectivity index (χ0n) is 8.95. The first-order valence-electron chi connectivity index (χ1n) is 4.88. The van der Waals surface area contributed by atoms with Gasteiger partial charge in [0, 0.05) is 12.2 Å². The number of nitrogens with one attached hydrogen (secondary N) is 2. The zero-order valence-corrected chi connectivity index (χ0v) is 8.95. The first kappa shape index (κ1) is 11.5. The number of aliphatic hydroxyl groups is 1. The quantitative estimate of drug-likeness (QED) is 0.705. The van der Waals surface area contributed by atoms with Crippen molar-refractivity contribution in [3.05, 3.63) is 29.8 Å². The van der Waals surface area contributed by atoms with E-state index in [2.05, 4.69) is 10.6 Å². The summed E-state index contributed by atoms with van der Waals surface area (Å²) in [6, 6.07) is 7.22. The highest BCUT2D eigenvalue weighted by Crippen LogP contribution is 2.12. The molecule has 0 bridgehead atoms. The van der Waals surface area contributed by atoms with Gasteiger partial charge in [-0.05, 0) is 25.5 Å². The molecule has 0 aliphatic heterocycles. The SMILES string of the molecule is Cc1ccccc1NC(=O)NCC(C)O. The number of amides is 2. The molecular weight excluding hydrogens is 192 g/mol. The Hall–Kier alpha value is -1.55. The van der Waals surface area contributed by atoms with Gasteiger partial charge in [0.05, 0.1) is 6.10 Å². The molecule has 15 heavy (non-hydrogen) atoms. The Labute approximate surface area is 89.3 Å². The molecule has 0 aromatic heterocycles. The topological polar surface area (TPSA) is 61.4 Å². The highest BCUT2D eigenvalue weighted by Gasteiger charge is 2.03. The van der Waals surface area contributed by atoms with E-state index in [1.54, 1.807) is 6.92 Å². The largest absolute Gasteiger partial charge is 0.392 e. The third-order valence-electron chi connectivity index (χ3n) is 1.95. The van der Waals surface area contributed by atoms with Gasteiger partial charge in [-0.25, -0.2) is 4.79 Å². The molecule has 4 nitrogen and oxygen atoms in total. The van der Waals surface area contributed by atoms with Crippen molar-refractivity contribution >= 4 is 11.7 Å². The molecule has 3 N–H and O–H groups in total. The van der Waals surface area contributed by atoms with Crippen LogP contribution in [-0.2, 0) is 0 Å². The van der Waals surface area contributed by atoms with E-state index < -0.39 is 6.10 Å². The van der Waals surface area contributed by atoms with Crippen LogP contribution in [0, 0.1) is 6.92 Å². The van der Waals surface area contributed by atoms with Gasteiger partial charge in [0.15, 0.2) is 0 Å². The molecule has 1 aromatic carbocycles. The summed E-state index contributed by atoms with van der Waals surface area (Å²) in [7, 11) is 0. The standard InChI is InChI=1S/C11H16N2O2/c1-8-5-3-4-6-10(8)13-11(15)12-7-9(2)14/h3-6,9,14H,7H2,1-2H3,(H2,12,13,15). The van der Waals surface area contributed by atoms with E-state index in [1.807, 2.05) is 31.2 Å². The average Bonchev–Trinajstić information content (AvgIpc) is 2.18. The maximum Gasteiger partial charge on any atom is 0.319 e. The lowest BCUT2D eigenvalue weighted by Crippen LogP contribution is -2.34. The van der Waals surface area contributed by atoms with E-state index in [0.717, 1.165) is 11.3 Å². The number of aryl methyl sites for hydroxylation is 1. The van der Waals surface area contributed by atoms with Gasteiger partial charge in [0.2, 0.25) is 0 Å². The number of rotatable bonds is 3. The summed E-state index contributed by atoms with van der Waals surface area (Å²) in [5.74, 6) is 0. The Bertz CT molecular complexity index is 337. The monoisotopic (exact) mass is 208 g/mol. The lowest BCUT2D eigenvalue weighted by Gasteiger charge is -2.10. The van der Waals surface area contributed by atoms with Crippen molar-refractivity contribution in [2.75, 3.05) is 11.9 Å². The Balaban J connectivity index is 2.48. The predicted octanol–water partition coefficient (Wildman–Crippen LogP) is 1.50. The highest BCUT2D eigenvalue weighted by atomic mass is 16.3. The van der Waals surface area contributed by atoms with Crippen molar-refractivity contribution in [2.45, 2.75) is 20.0 Å². The fourth-order valence-corrected chi connectivity index (χ4v) is 1.12. The third-order valence-corrected chi connectivity index (χ3v) is 1.95. The van der Waals surface area contributed by atoms with Gasteiger partial charge in [-0.3, -0.25) is 0 Å². The lowest BCUT2D eigenvalue weighted by atomic mass is 10.2. The van der Waals surface area contributed by atoms with Gasteiger partial charge in [-0.2, -0.15) is 0 Å². The Morgan fingerprint density at radius 2 is 2.13 bits per heavy atom. The summed E-state index contributed by atoms with van der Waals surface area (Å²) in [5.41, 5.74) is 1.78. The molecule has 0 saturated heterocycles. The van der Waals surface area contributed by atoms with E-state index >= 15 is 0 Å². The summed E-state index contributed by atoms with van der Waals surface area (Å²) in [5, 5.41) is 14.2. The number of urea groups is 1. The minimum absolute atomic E-state index is 0.248. The third kappa shape index (κ3) is 3.99. The summed E-state index contributed by atoms with van der Waals surface area (Å²) in [4.78, 5) is 11.3. The van der Waals surface area contributed by atoms with Crippen LogP contribution >= 0.6 is 0 Å². The van der Waals surface area contributed by atoms with E-state index in [-0.39, 0.29) is 12.6 Å². The van der Waals surface area contributed by atoms with Crippen LogP contribution in [0.4, 0.5) is 10.5 Å². The molecule has 0 aliphatic carbocycles. The number of benzene rings is 1. The van der Waals surface area contributed by atoms with Crippen molar-refractivity contribution in [1.29, 1.82) is 0 Å². The molecule has 4 heteroatoms. The van der Waals surface area contributed by atoms with Crippen LogP contribution < -0.4 is 10.6 Å². The molecule has 0 fully saturated rings. The number of carbonyl (C=O) groups excluding carboxylic acids is 1. The number of carbonyl (C=O) groups is 1. The molecule has 0 saturated carbocycles. The summed E-state index contributed by atoms with van der Waals surface area (Å²) < 4.78 is 0. The van der Waals surface area contributed by atoms with Crippen molar-refractivity contribution in [3.8, 4) is 0 Å². The first-order chi connectivity index (χ1) is 7.09. The summed E-state index contributed by atoms with van der Waals surface area (Å²) >= 11 is 0. The molecule has 1 rings (SSSR count). The Kier molecular flexibility index (Phi) is 4.12. The van der Waals surface area contributed by atoms with E-state index in [1.165, 1.54) is 0 Å². The van der Waals surface area contributed by atoms with Crippen LogP contribution in [0.1, 0.15) is 12.5 Å². The van der Waals surface area contributed by atoms with Gasteiger partial charge in [0.1, 0.15) is 0 Å². The minimum atomic E-state index is -0.535. The van der Waals surface area contributed by atoms with E-state index in [0.29, 0.717) is 0 Å². The second-order valence-corrected chi connectivity index (χ2v) is 3.50. The van der Waals surface area contributed by atoms with Gasteiger partial charge in [0.25, 0.3) is 0 Å². The number of anilines is 1. The summed E-state index contributed by atoms with van der Waals surface area (Å²) in [6.45, 7) is 3.79. The molecule has 1 atom stereocenters. The maximum absolute atomic E-state index is 11.3. The normalized spacial score (nSPS) is 11.9. The van der Waals surface area contributed by atoms with Crippen LogP contribution in [0.3, 0.4) is 0 Å². The van der Waals surface area contributed by atoms with Crippen molar-refractivity contribution in [3.63, 3.8) is 0 Å². The van der Waals surface area contributed by atoms with Gasteiger partial charge < -0.3 is 15.7 Å². The minimum Gasteiger partial charge on any atom is -0.392 e. The molecule has 2 amide bonds. The molecule has 1 aromatic rings. The number of hydrogen-bond donors (Lipinski definition) is 3. The van der Waals surface area contributed by atoms with Crippen LogP contribution in [0.2, 0.25) is 0 Å². The fraction of sp³-hybridized carbons (Fsp3) is 0.364. The van der Waals surface area contributed by atoms with Crippen LogP contribution in [0.5, 0.6) is 0 Å². The van der Waals surface area contributed by atoms with Crippen LogP contribution in [0.25, 0.3) is 0 Å². The first-order valence-corrected chi connectivity index (χ1v) is 4.88. The number of aliphatic hydroxyl groups excluding tert-OH is 1. The Morgan fingerprint density at radius 1 is 1.47 bits per heavy atom. The maximum atomic E-state index is 11.3. The fourth-order valence-electron chi connectivity index (χ4n) is 1.12. The van der Waals surface area contributed by atoms with E-state index in [4.69, 9.17) is 5.11 Å². The lowest BCUT2D eigenvalue weighted by molar-refractivity contribution is 0.190. The summed E-state index contributed by atoms with van der Waals surface area (Å²) in [6.07, 6.45) is -0.535. The molecule has 1 unspecified atom stereocenters. The molecular formula is C11H16N2O2. The predicted molar refractivity (Wildman–Crippen MR) is 59.9 cm³/mol. The van der Waals surface area contributed by atoms with Gasteiger partial charge in [-0.1, -0.05) is 18.2 Å². The van der Waals surface area contributed by atoms with Crippen molar-refractivity contribution < 1.29 is 9.90 Å². The van der Waals surface area contributed by atoms with Crippen LogP contribution in [0.15, 0.2) is 24.3 Å². The number of hydrogen-bond acceptors (Lipinski definition) is 2. The van der Waals surface area contributed by atoms with E-state index in [9.17, 15) is 4.79 Å². The molecule has 0 heterocycles. The molecule has 82 valence electrons. The molecule has 0 aliphatic rings. The number of para-hydroxylation sites is 1. The van der Waals surface area contributed by atoms with Crippen molar-refractivity contribution in [1.82, 2.24) is 5.32 Å². The second-order valence-electron chi connectivity index (χ2n) is 3.50. The average molecular weight is 208 g/mol. The van der Waals surface area contributed by atoms with Gasteiger partial charge >= 0.3 is 6.03 Å². The molecule has 0 radical (unpaired) electrons. The van der Waals surface area contributed by atoms with Crippen molar-refractivity contribution in [2.24, 2.45) is 0 Å². The highest BCUT2D eigenvalue weighted by molar-refractivity contribution is 5.89. The van der Waals surface area contributed by atoms with Crippen LogP contribution in [-0.4, -0.2) is 23.8 Å². The Morgan fingerprint density at radius 3 is 2.73 bits per heavy atom. The smallest absolute Gasteiger partial charge is 0.319 e. The second kappa shape index (κ2) is 5.36. The molecule has 0 spiro atoms.